The number of rotatable bonds is 9. The standard InChI is InChI=1S/C20H23NO6/c1-25-16-10-14(11-17(26-2)19(16)27-3)12-18(22)21-8-7-13-5-4-6-15(9-13)20(23)24/h4-6,9-11H,7-8,12H2,1-3H3,(H,21,22)(H,23,24). The van der Waals surface area contributed by atoms with Gasteiger partial charge in [-0.05, 0) is 41.8 Å². The van der Waals surface area contributed by atoms with E-state index in [-0.39, 0.29) is 17.9 Å². The SMILES string of the molecule is COc1cc(CC(=O)NCCc2cccc(C(=O)O)c2)cc(OC)c1OC. The lowest BCUT2D eigenvalue weighted by Gasteiger charge is -2.14. The summed E-state index contributed by atoms with van der Waals surface area (Å²) in [4.78, 5) is 23.2. The molecule has 0 aliphatic carbocycles. The molecule has 0 aliphatic heterocycles. The van der Waals surface area contributed by atoms with E-state index in [4.69, 9.17) is 19.3 Å². The summed E-state index contributed by atoms with van der Waals surface area (Å²) < 4.78 is 15.8. The number of hydrogen-bond acceptors (Lipinski definition) is 5. The fourth-order valence-electron chi connectivity index (χ4n) is 2.69. The Morgan fingerprint density at radius 3 is 2.19 bits per heavy atom. The van der Waals surface area contributed by atoms with Crippen LogP contribution in [0.1, 0.15) is 21.5 Å². The summed E-state index contributed by atoms with van der Waals surface area (Å²) in [7, 11) is 4.56. The second-order valence-corrected chi connectivity index (χ2v) is 5.82. The predicted molar refractivity (Wildman–Crippen MR) is 99.9 cm³/mol. The largest absolute Gasteiger partial charge is 0.493 e. The third kappa shape index (κ3) is 5.37. The monoisotopic (exact) mass is 373 g/mol. The highest BCUT2D eigenvalue weighted by Gasteiger charge is 2.14. The second kappa shape index (κ2) is 9.47. The first-order chi connectivity index (χ1) is 13.0. The Balaban J connectivity index is 1.96. The van der Waals surface area contributed by atoms with Crippen LogP contribution in [0.5, 0.6) is 17.2 Å². The first-order valence-corrected chi connectivity index (χ1v) is 8.36. The van der Waals surface area contributed by atoms with Gasteiger partial charge in [-0.3, -0.25) is 4.79 Å². The molecule has 0 aromatic heterocycles. The van der Waals surface area contributed by atoms with Crippen LogP contribution in [-0.4, -0.2) is 44.9 Å². The minimum absolute atomic E-state index is 0.154. The van der Waals surface area contributed by atoms with Crippen LogP contribution < -0.4 is 19.5 Å². The molecule has 7 heteroatoms. The molecule has 1 amide bonds. The van der Waals surface area contributed by atoms with E-state index in [1.807, 2.05) is 6.07 Å². The number of nitrogens with one attached hydrogen (secondary N) is 1. The van der Waals surface area contributed by atoms with E-state index in [2.05, 4.69) is 5.32 Å². The number of hydrogen-bond donors (Lipinski definition) is 2. The molecule has 0 bridgehead atoms. The molecule has 2 rings (SSSR count). The van der Waals surface area contributed by atoms with E-state index < -0.39 is 5.97 Å². The number of carbonyl (C=O) groups excluding carboxylic acids is 1. The molecule has 0 atom stereocenters. The van der Waals surface area contributed by atoms with Crippen LogP contribution in [0.15, 0.2) is 36.4 Å². The number of methoxy groups -OCH3 is 3. The molecule has 0 saturated heterocycles. The van der Waals surface area contributed by atoms with Crippen molar-refractivity contribution < 1.29 is 28.9 Å². The first kappa shape index (κ1) is 20.1. The van der Waals surface area contributed by atoms with E-state index >= 15 is 0 Å². The molecule has 0 unspecified atom stereocenters. The van der Waals surface area contributed by atoms with Gasteiger partial charge in [-0.1, -0.05) is 12.1 Å². The van der Waals surface area contributed by atoms with Crippen LogP contribution in [0.2, 0.25) is 0 Å². The number of carboxylic acids is 1. The smallest absolute Gasteiger partial charge is 0.335 e. The number of aromatic carboxylic acids is 1. The van der Waals surface area contributed by atoms with Crippen molar-refractivity contribution in [3.63, 3.8) is 0 Å². The zero-order valence-corrected chi connectivity index (χ0v) is 15.6. The molecule has 0 radical (unpaired) electrons. The van der Waals surface area contributed by atoms with Crippen LogP contribution in [0.25, 0.3) is 0 Å². The average Bonchev–Trinajstić information content (AvgIpc) is 2.67. The van der Waals surface area contributed by atoms with Crippen LogP contribution in [0, 0.1) is 0 Å². The maximum atomic E-state index is 12.2. The van der Waals surface area contributed by atoms with Gasteiger partial charge in [-0.15, -0.1) is 0 Å². The molecule has 0 aliphatic rings. The molecular formula is C20H23NO6. The zero-order chi connectivity index (χ0) is 19.8. The third-order valence-corrected chi connectivity index (χ3v) is 4.00. The molecule has 27 heavy (non-hydrogen) atoms. The maximum Gasteiger partial charge on any atom is 0.335 e. The maximum absolute atomic E-state index is 12.2. The number of carbonyl (C=O) groups is 2. The Morgan fingerprint density at radius 1 is 0.963 bits per heavy atom. The Morgan fingerprint density at radius 2 is 1.63 bits per heavy atom. The van der Waals surface area contributed by atoms with Gasteiger partial charge in [0.25, 0.3) is 0 Å². The quantitative estimate of drug-likeness (QED) is 0.701. The lowest BCUT2D eigenvalue weighted by atomic mass is 10.1. The van der Waals surface area contributed by atoms with Crippen molar-refractivity contribution in [2.45, 2.75) is 12.8 Å². The van der Waals surface area contributed by atoms with Gasteiger partial charge in [0.15, 0.2) is 11.5 Å². The summed E-state index contributed by atoms with van der Waals surface area (Å²) in [6, 6.07) is 10.1. The summed E-state index contributed by atoms with van der Waals surface area (Å²) in [5.41, 5.74) is 1.81. The highest BCUT2D eigenvalue weighted by atomic mass is 16.5. The van der Waals surface area contributed by atoms with Gasteiger partial charge in [0.05, 0.1) is 33.3 Å². The number of benzene rings is 2. The van der Waals surface area contributed by atoms with Gasteiger partial charge in [0, 0.05) is 6.54 Å². The van der Waals surface area contributed by atoms with Gasteiger partial charge in [-0.25, -0.2) is 4.79 Å². The van der Waals surface area contributed by atoms with Gasteiger partial charge in [0.1, 0.15) is 0 Å². The Kier molecular flexibility index (Phi) is 7.05. The normalized spacial score (nSPS) is 10.2. The molecule has 2 aromatic carbocycles. The molecule has 2 N–H and O–H groups in total. The van der Waals surface area contributed by atoms with Crippen molar-refractivity contribution in [2.24, 2.45) is 0 Å². The Hall–Kier alpha value is -3.22. The van der Waals surface area contributed by atoms with Crippen molar-refractivity contribution >= 4 is 11.9 Å². The number of amides is 1. The van der Waals surface area contributed by atoms with E-state index in [0.29, 0.717) is 30.2 Å². The van der Waals surface area contributed by atoms with E-state index in [1.54, 1.807) is 24.3 Å². The summed E-state index contributed by atoms with van der Waals surface area (Å²) in [5.74, 6) is 0.333. The lowest BCUT2D eigenvalue weighted by Crippen LogP contribution is -2.27. The minimum Gasteiger partial charge on any atom is -0.493 e. The van der Waals surface area contributed by atoms with Gasteiger partial charge < -0.3 is 24.6 Å². The van der Waals surface area contributed by atoms with Crippen LogP contribution in [-0.2, 0) is 17.6 Å². The van der Waals surface area contributed by atoms with Crippen molar-refractivity contribution in [3.8, 4) is 17.2 Å². The lowest BCUT2D eigenvalue weighted by molar-refractivity contribution is -0.120. The second-order valence-electron chi connectivity index (χ2n) is 5.82. The molecular weight excluding hydrogens is 350 g/mol. The first-order valence-electron chi connectivity index (χ1n) is 8.36. The van der Waals surface area contributed by atoms with E-state index in [0.717, 1.165) is 11.1 Å². The Bertz CT molecular complexity index is 793. The molecule has 7 nitrogen and oxygen atoms in total. The molecule has 2 aromatic rings. The van der Waals surface area contributed by atoms with Crippen molar-refractivity contribution in [1.82, 2.24) is 5.32 Å². The summed E-state index contributed by atoms with van der Waals surface area (Å²) in [5, 5.41) is 11.8. The van der Waals surface area contributed by atoms with Gasteiger partial charge >= 0.3 is 5.97 Å². The minimum atomic E-state index is -0.969. The van der Waals surface area contributed by atoms with Crippen molar-refractivity contribution in [3.05, 3.63) is 53.1 Å². The summed E-state index contributed by atoms with van der Waals surface area (Å²) in [6.45, 7) is 0.409. The predicted octanol–water partition coefficient (Wildman–Crippen LogP) is 2.31. The van der Waals surface area contributed by atoms with Crippen LogP contribution >= 0.6 is 0 Å². The van der Waals surface area contributed by atoms with E-state index in [1.165, 1.54) is 27.4 Å². The van der Waals surface area contributed by atoms with E-state index in [9.17, 15) is 9.59 Å². The molecule has 0 heterocycles. The fourth-order valence-corrected chi connectivity index (χ4v) is 2.69. The third-order valence-electron chi connectivity index (χ3n) is 4.00. The molecule has 0 spiro atoms. The van der Waals surface area contributed by atoms with Gasteiger partial charge in [0.2, 0.25) is 11.7 Å². The highest BCUT2D eigenvalue weighted by Crippen LogP contribution is 2.38. The van der Waals surface area contributed by atoms with Crippen molar-refractivity contribution in [1.29, 1.82) is 0 Å². The van der Waals surface area contributed by atoms with Crippen molar-refractivity contribution in [2.75, 3.05) is 27.9 Å². The molecule has 144 valence electrons. The molecule has 0 saturated carbocycles. The van der Waals surface area contributed by atoms with Crippen LogP contribution in [0.3, 0.4) is 0 Å². The average molecular weight is 373 g/mol. The summed E-state index contributed by atoms with van der Waals surface area (Å²) >= 11 is 0. The number of carboxylic acid groups (broad SMARTS) is 1. The topological polar surface area (TPSA) is 94.1 Å². The molecule has 0 fully saturated rings. The van der Waals surface area contributed by atoms with Crippen LogP contribution in [0.4, 0.5) is 0 Å². The number of ether oxygens (including phenoxy) is 3. The Labute approximate surface area is 157 Å². The highest BCUT2D eigenvalue weighted by molar-refractivity contribution is 5.87. The van der Waals surface area contributed by atoms with Gasteiger partial charge in [-0.2, -0.15) is 0 Å². The zero-order valence-electron chi connectivity index (χ0n) is 15.6. The fraction of sp³-hybridized carbons (Fsp3) is 0.300. The summed E-state index contributed by atoms with van der Waals surface area (Å²) in [6.07, 6.45) is 0.702.